The van der Waals surface area contributed by atoms with Crippen molar-refractivity contribution in [3.63, 3.8) is 0 Å². The van der Waals surface area contributed by atoms with Crippen molar-refractivity contribution in [1.29, 1.82) is 0 Å². The average molecular weight is 389 g/mol. The molecule has 1 aromatic heterocycles. The van der Waals surface area contributed by atoms with Crippen molar-refractivity contribution >= 4 is 11.8 Å². The Hall–Kier alpha value is -1.89. The lowest BCUT2D eigenvalue weighted by atomic mass is 9.66. The second-order valence-corrected chi connectivity index (χ2v) is 8.66. The van der Waals surface area contributed by atoms with E-state index in [2.05, 4.69) is 5.16 Å². The Kier molecular flexibility index (Phi) is 5.71. The third-order valence-electron chi connectivity index (χ3n) is 6.87. The van der Waals surface area contributed by atoms with Gasteiger partial charge in [-0.15, -0.1) is 0 Å². The van der Waals surface area contributed by atoms with Gasteiger partial charge in [-0.25, -0.2) is 0 Å². The predicted molar refractivity (Wildman–Crippen MR) is 103 cm³/mol. The SMILES string of the molecule is Cc1cc(C(=O)N2CC(CCC(=O)N3CCOCC3)C3(CCCCC3)C2)no1. The number of nitrogens with zero attached hydrogens (tertiary/aromatic N) is 3. The highest BCUT2D eigenvalue weighted by molar-refractivity contribution is 5.92. The molecule has 1 unspecified atom stereocenters. The summed E-state index contributed by atoms with van der Waals surface area (Å²) in [5, 5.41) is 3.92. The molecule has 154 valence electrons. The fourth-order valence-corrected chi connectivity index (χ4v) is 5.31. The Balaban J connectivity index is 1.43. The highest BCUT2D eigenvalue weighted by Gasteiger charge is 2.48. The minimum Gasteiger partial charge on any atom is -0.378 e. The molecule has 1 spiro atoms. The molecule has 0 bridgehead atoms. The van der Waals surface area contributed by atoms with Crippen LogP contribution < -0.4 is 0 Å². The second-order valence-electron chi connectivity index (χ2n) is 8.66. The molecule has 4 rings (SSSR count). The number of aromatic nitrogens is 1. The normalized spacial score (nSPS) is 24.7. The summed E-state index contributed by atoms with van der Waals surface area (Å²) in [6, 6.07) is 1.71. The van der Waals surface area contributed by atoms with E-state index in [1.165, 1.54) is 19.3 Å². The summed E-state index contributed by atoms with van der Waals surface area (Å²) >= 11 is 0. The summed E-state index contributed by atoms with van der Waals surface area (Å²) < 4.78 is 10.4. The number of aryl methyl sites for hydroxylation is 1. The number of ether oxygens (including phenoxy) is 1. The van der Waals surface area contributed by atoms with Gasteiger partial charge in [-0.05, 0) is 37.5 Å². The zero-order valence-electron chi connectivity index (χ0n) is 16.8. The first-order chi connectivity index (χ1) is 13.6. The smallest absolute Gasteiger partial charge is 0.276 e. The third-order valence-corrected chi connectivity index (χ3v) is 6.87. The highest BCUT2D eigenvalue weighted by Crippen LogP contribution is 2.49. The van der Waals surface area contributed by atoms with Gasteiger partial charge in [-0.3, -0.25) is 9.59 Å². The van der Waals surface area contributed by atoms with Crippen molar-refractivity contribution in [2.45, 2.75) is 51.9 Å². The minimum absolute atomic E-state index is 0.0381. The molecule has 0 N–H and O–H groups in total. The molecule has 3 aliphatic rings. The highest BCUT2D eigenvalue weighted by atomic mass is 16.5. The molecule has 0 aromatic carbocycles. The third kappa shape index (κ3) is 3.95. The van der Waals surface area contributed by atoms with Gasteiger partial charge in [0.25, 0.3) is 5.91 Å². The number of amides is 2. The van der Waals surface area contributed by atoms with Crippen molar-refractivity contribution in [2.24, 2.45) is 11.3 Å². The van der Waals surface area contributed by atoms with Crippen molar-refractivity contribution < 1.29 is 18.8 Å². The summed E-state index contributed by atoms with van der Waals surface area (Å²) in [4.78, 5) is 29.4. The van der Waals surface area contributed by atoms with E-state index in [0.717, 1.165) is 32.4 Å². The molecule has 7 nitrogen and oxygen atoms in total. The van der Waals surface area contributed by atoms with Crippen LogP contribution in [0.15, 0.2) is 10.6 Å². The predicted octanol–water partition coefficient (Wildman–Crippen LogP) is 2.64. The zero-order chi connectivity index (χ0) is 19.6. The van der Waals surface area contributed by atoms with E-state index < -0.39 is 0 Å². The first-order valence-electron chi connectivity index (χ1n) is 10.7. The van der Waals surface area contributed by atoms with Gasteiger partial charge in [0.2, 0.25) is 5.91 Å². The van der Waals surface area contributed by atoms with Gasteiger partial charge < -0.3 is 19.1 Å². The molecule has 1 atom stereocenters. The van der Waals surface area contributed by atoms with Gasteiger partial charge >= 0.3 is 0 Å². The van der Waals surface area contributed by atoms with E-state index in [-0.39, 0.29) is 17.2 Å². The van der Waals surface area contributed by atoms with Gasteiger partial charge in [-0.1, -0.05) is 24.4 Å². The Bertz CT molecular complexity index is 704. The molecule has 1 aliphatic carbocycles. The summed E-state index contributed by atoms with van der Waals surface area (Å²) in [6.07, 6.45) is 7.46. The maximum Gasteiger partial charge on any atom is 0.276 e. The van der Waals surface area contributed by atoms with Gasteiger partial charge in [0.1, 0.15) is 5.76 Å². The van der Waals surface area contributed by atoms with E-state index in [1.807, 2.05) is 9.80 Å². The lowest BCUT2D eigenvalue weighted by Gasteiger charge is -2.38. The Morgan fingerprint density at radius 3 is 2.61 bits per heavy atom. The van der Waals surface area contributed by atoms with Gasteiger partial charge in [0.05, 0.1) is 13.2 Å². The first kappa shape index (κ1) is 19.4. The van der Waals surface area contributed by atoms with Crippen LogP contribution in [-0.2, 0) is 9.53 Å². The van der Waals surface area contributed by atoms with Crippen LogP contribution in [0.1, 0.15) is 61.2 Å². The van der Waals surface area contributed by atoms with E-state index in [9.17, 15) is 9.59 Å². The van der Waals surface area contributed by atoms with Crippen molar-refractivity contribution in [3.8, 4) is 0 Å². The maximum absolute atomic E-state index is 12.9. The molecule has 2 amide bonds. The molecule has 28 heavy (non-hydrogen) atoms. The lowest BCUT2D eigenvalue weighted by molar-refractivity contribution is -0.135. The Morgan fingerprint density at radius 1 is 1.18 bits per heavy atom. The number of carbonyl (C=O) groups excluding carboxylic acids is 2. The zero-order valence-corrected chi connectivity index (χ0v) is 16.8. The van der Waals surface area contributed by atoms with Crippen LogP contribution >= 0.6 is 0 Å². The maximum atomic E-state index is 12.9. The number of rotatable bonds is 4. The number of carbonyl (C=O) groups is 2. The van der Waals surface area contributed by atoms with Crippen LogP contribution in [0.4, 0.5) is 0 Å². The van der Waals surface area contributed by atoms with Crippen LogP contribution in [0.3, 0.4) is 0 Å². The molecule has 3 fully saturated rings. The molecule has 3 heterocycles. The van der Waals surface area contributed by atoms with E-state index in [0.29, 0.717) is 50.1 Å². The lowest BCUT2D eigenvalue weighted by Crippen LogP contribution is -2.41. The van der Waals surface area contributed by atoms with Gasteiger partial charge in [-0.2, -0.15) is 0 Å². The summed E-state index contributed by atoms with van der Waals surface area (Å²) in [7, 11) is 0. The Morgan fingerprint density at radius 2 is 1.93 bits per heavy atom. The van der Waals surface area contributed by atoms with Crippen LogP contribution in [0.2, 0.25) is 0 Å². The molecular formula is C21H31N3O4. The topological polar surface area (TPSA) is 75.9 Å². The first-order valence-corrected chi connectivity index (χ1v) is 10.7. The fourth-order valence-electron chi connectivity index (χ4n) is 5.31. The van der Waals surface area contributed by atoms with Crippen molar-refractivity contribution in [2.75, 3.05) is 39.4 Å². The molecular weight excluding hydrogens is 358 g/mol. The second kappa shape index (κ2) is 8.23. The number of hydrogen-bond donors (Lipinski definition) is 0. The van der Waals surface area contributed by atoms with Gasteiger partial charge in [0.15, 0.2) is 5.69 Å². The van der Waals surface area contributed by atoms with Crippen LogP contribution in [0.25, 0.3) is 0 Å². The molecule has 7 heteroatoms. The fraction of sp³-hybridized carbons (Fsp3) is 0.762. The van der Waals surface area contributed by atoms with Crippen LogP contribution in [-0.4, -0.2) is 66.2 Å². The molecule has 1 aromatic rings. The largest absolute Gasteiger partial charge is 0.378 e. The van der Waals surface area contributed by atoms with Crippen molar-refractivity contribution in [1.82, 2.24) is 15.0 Å². The Labute approximate surface area is 166 Å². The molecule has 2 aliphatic heterocycles. The number of likely N-dealkylation sites (tertiary alicyclic amines) is 1. The monoisotopic (exact) mass is 389 g/mol. The summed E-state index contributed by atoms with van der Waals surface area (Å²) in [5.41, 5.74) is 0.561. The van der Waals surface area contributed by atoms with Crippen molar-refractivity contribution in [3.05, 3.63) is 17.5 Å². The van der Waals surface area contributed by atoms with Gasteiger partial charge in [0, 0.05) is 38.7 Å². The average Bonchev–Trinajstić information content (AvgIpc) is 3.31. The van der Waals surface area contributed by atoms with E-state index in [4.69, 9.17) is 9.26 Å². The molecule has 2 saturated heterocycles. The molecule has 0 radical (unpaired) electrons. The minimum atomic E-state index is -0.0381. The van der Waals surface area contributed by atoms with Crippen LogP contribution in [0, 0.1) is 18.3 Å². The van der Waals surface area contributed by atoms with E-state index >= 15 is 0 Å². The van der Waals surface area contributed by atoms with E-state index in [1.54, 1.807) is 13.0 Å². The standard InChI is InChI=1S/C21H31N3O4/c1-16-13-18(22-28-16)20(26)24-14-17(21(15-24)7-3-2-4-8-21)5-6-19(25)23-9-11-27-12-10-23/h13,17H,2-12,14-15H2,1H3. The summed E-state index contributed by atoms with van der Waals surface area (Å²) in [6.45, 7) is 5.98. The van der Waals surface area contributed by atoms with Crippen LogP contribution in [0.5, 0.6) is 0 Å². The molecule has 1 saturated carbocycles. The number of hydrogen-bond acceptors (Lipinski definition) is 5. The number of morpholine rings is 1. The summed E-state index contributed by atoms with van der Waals surface area (Å²) in [5.74, 6) is 1.23. The quantitative estimate of drug-likeness (QED) is 0.791.